The summed E-state index contributed by atoms with van der Waals surface area (Å²) < 4.78 is 54.0. The monoisotopic (exact) mass is 421 g/mol. The van der Waals surface area contributed by atoms with Gasteiger partial charge in [0, 0.05) is 30.5 Å². The second-order valence-electron chi connectivity index (χ2n) is 8.20. The Morgan fingerprint density at radius 3 is 2.43 bits per heavy atom. The van der Waals surface area contributed by atoms with E-state index in [-0.39, 0.29) is 30.7 Å². The Balaban J connectivity index is 1.71. The Morgan fingerprint density at radius 1 is 1.13 bits per heavy atom. The number of rotatable bonds is 3. The van der Waals surface area contributed by atoms with Gasteiger partial charge in [0.05, 0.1) is 5.56 Å². The van der Waals surface area contributed by atoms with Crippen molar-refractivity contribution in [3.05, 3.63) is 65.1 Å². The zero-order chi connectivity index (χ0) is 22.1. The van der Waals surface area contributed by atoms with Gasteiger partial charge in [0.15, 0.2) is 0 Å². The molecular formula is C22H23F4N3O. The predicted octanol–water partition coefficient (Wildman–Crippen LogP) is 5.31. The standard InChI is InChI=1S/C22H23F4N3O/c1-21(2,3)16-7-6-15(13-18(16)23)28-20(30)14-8-11-29(12-9-14)19-17(22(24,25)26)5-4-10-27-19/h4-8,10,13H,9,11-12H2,1-3H3,(H,28,30). The van der Waals surface area contributed by atoms with Crippen LogP contribution < -0.4 is 10.2 Å². The number of aromatic nitrogens is 1. The summed E-state index contributed by atoms with van der Waals surface area (Å²) in [5, 5.41) is 2.66. The first-order chi connectivity index (χ1) is 14.0. The molecule has 1 amide bonds. The molecule has 3 rings (SSSR count). The lowest BCUT2D eigenvalue weighted by atomic mass is 9.86. The zero-order valence-corrected chi connectivity index (χ0v) is 17.0. The summed E-state index contributed by atoms with van der Waals surface area (Å²) in [5.74, 6) is -0.950. The van der Waals surface area contributed by atoms with Gasteiger partial charge in [0.25, 0.3) is 5.91 Å². The number of halogens is 4. The molecule has 1 aromatic carbocycles. The molecule has 1 aliphatic heterocycles. The lowest BCUT2D eigenvalue weighted by Gasteiger charge is -2.29. The van der Waals surface area contributed by atoms with Crippen LogP contribution in [0, 0.1) is 5.82 Å². The first-order valence-corrected chi connectivity index (χ1v) is 9.54. The minimum absolute atomic E-state index is 0.125. The molecular weight excluding hydrogens is 398 g/mol. The van der Waals surface area contributed by atoms with Crippen LogP contribution in [0.25, 0.3) is 0 Å². The molecule has 1 aromatic heterocycles. The average Bonchev–Trinajstić information content (AvgIpc) is 2.66. The molecule has 2 aromatic rings. The fourth-order valence-electron chi connectivity index (χ4n) is 3.35. The number of carbonyl (C=O) groups is 1. The molecule has 0 spiro atoms. The lowest BCUT2D eigenvalue weighted by molar-refractivity contribution is -0.137. The number of pyridine rings is 1. The molecule has 30 heavy (non-hydrogen) atoms. The van der Waals surface area contributed by atoms with Crippen LogP contribution in [-0.4, -0.2) is 24.0 Å². The molecule has 0 saturated heterocycles. The minimum Gasteiger partial charge on any atom is -0.352 e. The van der Waals surface area contributed by atoms with Crippen LogP contribution in [0.15, 0.2) is 48.2 Å². The molecule has 160 valence electrons. The molecule has 0 aliphatic carbocycles. The molecule has 1 aliphatic rings. The quantitative estimate of drug-likeness (QED) is 0.683. The largest absolute Gasteiger partial charge is 0.419 e. The highest BCUT2D eigenvalue weighted by molar-refractivity contribution is 6.04. The van der Waals surface area contributed by atoms with E-state index in [1.807, 2.05) is 20.8 Å². The summed E-state index contributed by atoms with van der Waals surface area (Å²) >= 11 is 0. The van der Waals surface area contributed by atoms with E-state index in [2.05, 4.69) is 10.3 Å². The molecule has 1 N–H and O–H groups in total. The van der Waals surface area contributed by atoms with Crippen LogP contribution in [0.4, 0.5) is 29.1 Å². The Morgan fingerprint density at radius 2 is 1.87 bits per heavy atom. The highest BCUT2D eigenvalue weighted by Gasteiger charge is 2.36. The summed E-state index contributed by atoms with van der Waals surface area (Å²) in [6, 6.07) is 6.79. The number of nitrogens with one attached hydrogen (secondary N) is 1. The van der Waals surface area contributed by atoms with E-state index in [1.54, 1.807) is 18.2 Å². The second-order valence-corrected chi connectivity index (χ2v) is 8.20. The van der Waals surface area contributed by atoms with Crippen molar-refractivity contribution in [1.82, 2.24) is 4.98 Å². The first-order valence-electron chi connectivity index (χ1n) is 9.54. The molecule has 2 heterocycles. The molecule has 0 atom stereocenters. The Kier molecular flexibility index (Phi) is 5.87. The number of carbonyl (C=O) groups excluding carboxylic acids is 1. The molecule has 0 fully saturated rings. The van der Waals surface area contributed by atoms with E-state index in [4.69, 9.17) is 0 Å². The highest BCUT2D eigenvalue weighted by Crippen LogP contribution is 2.36. The van der Waals surface area contributed by atoms with Gasteiger partial charge in [-0.25, -0.2) is 9.37 Å². The van der Waals surface area contributed by atoms with E-state index in [1.165, 1.54) is 23.2 Å². The topological polar surface area (TPSA) is 45.2 Å². The second kappa shape index (κ2) is 8.08. The van der Waals surface area contributed by atoms with Gasteiger partial charge in [-0.05, 0) is 41.7 Å². The van der Waals surface area contributed by atoms with Crippen molar-refractivity contribution in [2.24, 2.45) is 0 Å². The molecule has 8 heteroatoms. The van der Waals surface area contributed by atoms with Crippen LogP contribution in [-0.2, 0) is 16.4 Å². The predicted molar refractivity (Wildman–Crippen MR) is 108 cm³/mol. The summed E-state index contributed by atoms with van der Waals surface area (Å²) in [4.78, 5) is 17.9. The van der Waals surface area contributed by atoms with Crippen molar-refractivity contribution in [3.8, 4) is 0 Å². The third-order valence-corrected chi connectivity index (χ3v) is 4.93. The van der Waals surface area contributed by atoms with Crippen LogP contribution in [0.2, 0.25) is 0 Å². The summed E-state index contributed by atoms with van der Waals surface area (Å²) in [6.45, 7) is 6.03. The Bertz CT molecular complexity index is 977. The lowest BCUT2D eigenvalue weighted by Crippen LogP contribution is -2.33. The highest BCUT2D eigenvalue weighted by atomic mass is 19.4. The van der Waals surface area contributed by atoms with E-state index >= 15 is 0 Å². The smallest absolute Gasteiger partial charge is 0.352 e. The van der Waals surface area contributed by atoms with E-state index in [9.17, 15) is 22.4 Å². The normalized spacial score (nSPS) is 15.0. The van der Waals surface area contributed by atoms with Crippen molar-refractivity contribution in [3.63, 3.8) is 0 Å². The summed E-state index contributed by atoms with van der Waals surface area (Å²) in [6.07, 6.45) is -1.36. The third-order valence-electron chi connectivity index (χ3n) is 4.93. The number of hydrogen-bond acceptors (Lipinski definition) is 3. The fourth-order valence-corrected chi connectivity index (χ4v) is 3.35. The number of hydrogen-bond donors (Lipinski definition) is 1. The maximum absolute atomic E-state index is 14.3. The van der Waals surface area contributed by atoms with Gasteiger partial charge < -0.3 is 10.2 Å². The number of nitrogens with zero attached hydrogens (tertiary/aromatic N) is 2. The number of alkyl halides is 3. The van der Waals surface area contributed by atoms with Crippen molar-refractivity contribution in [1.29, 1.82) is 0 Å². The van der Waals surface area contributed by atoms with Crippen molar-refractivity contribution >= 4 is 17.4 Å². The van der Waals surface area contributed by atoms with Gasteiger partial charge in [-0.1, -0.05) is 32.9 Å². The maximum atomic E-state index is 14.3. The van der Waals surface area contributed by atoms with Crippen molar-refractivity contribution in [2.75, 3.05) is 23.3 Å². The van der Waals surface area contributed by atoms with Crippen LogP contribution >= 0.6 is 0 Å². The first kappa shape index (κ1) is 21.8. The van der Waals surface area contributed by atoms with E-state index < -0.39 is 23.5 Å². The number of amides is 1. The van der Waals surface area contributed by atoms with Crippen LogP contribution in [0.1, 0.15) is 38.3 Å². The number of anilines is 2. The molecule has 0 saturated carbocycles. The third kappa shape index (κ3) is 4.80. The van der Waals surface area contributed by atoms with Gasteiger partial charge in [-0.3, -0.25) is 4.79 Å². The van der Waals surface area contributed by atoms with Crippen LogP contribution in [0.3, 0.4) is 0 Å². The zero-order valence-electron chi connectivity index (χ0n) is 17.0. The maximum Gasteiger partial charge on any atom is 0.419 e. The Labute approximate surface area is 172 Å². The van der Waals surface area contributed by atoms with Gasteiger partial charge in [-0.2, -0.15) is 13.2 Å². The van der Waals surface area contributed by atoms with Crippen LogP contribution in [0.5, 0.6) is 0 Å². The molecule has 0 bridgehead atoms. The molecule has 4 nitrogen and oxygen atoms in total. The van der Waals surface area contributed by atoms with Crippen molar-refractivity contribution < 1.29 is 22.4 Å². The SMILES string of the molecule is CC(C)(C)c1ccc(NC(=O)C2=CCN(c3ncccc3C(F)(F)F)CC2)cc1F. The average molecular weight is 421 g/mol. The van der Waals surface area contributed by atoms with E-state index in [0.717, 1.165) is 6.07 Å². The summed E-state index contributed by atoms with van der Waals surface area (Å²) in [7, 11) is 0. The summed E-state index contributed by atoms with van der Waals surface area (Å²) in [5.41, 5.74) is 0.154. The number of benzene rings is 1. The van der Waals surface area contributed by atoms with E-state index in [0.29, 0.717) is 16.8 Å². The molecule has 0 unspecified atom stereocenters. The fraction of sp³-hybridized carbons (Fsp3) is 0.364. The van der Waals surface area contributed by atoms with Gasteiger partial charge in [-0.15, -0.1) is 0 Å². The van der Waals surface area contributed by atoms with Gasteiger partial charge in [0.1, 0.15) is 11.6 Å². The minimum atomic E-state index is -4.51. The van der Waals surface area contributed by atoms with Gasteiger partial charge in [0.2, 0.25) is 0 Å². The van der Waals surface area contributed by atoms with Gasteiger partial charge >= 0.3 is 6.18 Å². The molecule has 0 radical (unpaired) electrons. The Hall–Kier alpha value is -2.90. The van der Waals surface area contributed by atoms with Crippen molar-refractivity contribution in [2.45, 2.75) is 38.8 Å².